The Hall–Kier alpha value is -0.870. The summed E-state index contributed by atoms with van der Waals surface area (Å²) in [5, 5.41) is 3.33. The molecule has 0 bridgehead atoms. The van der Waals surface area contributed by atoms with Crippen LogP contribution in [-0.2, 0) is 17.7 Å². The first kappa shape index (κ1) is 12.2. The average molecular weight is 211 g/mol. The van der Waals surface area contributed by atoms with Crippen LogP contribution in [0.15, 0.2) is 6.20 Å². The number of rotatable bonds is 8. The van der Waals surface area contributed by atoms with Crippen molar-refractivity contribution in [2.24, 2.45) is 0 Å². The first-order chi connectivity index (χ1) is 7.36. The molecule has 0 saturated heterocycles. The predicted octanol–water partition coefficient (Wildman–Crippen LogP) is 1.49. The van der Waals surface area contributed by atoms with Crippen LogP contribution in [0.25, 0.3) is 0 Å². The van der Waals surface area contributed by atoms with Crippen LogP contribution in [0.4, 0.5) is 0 Å². The van der Waals surface area contributed by atoms with Gasteiger partial charge in [0.25, 0.3) is 0 Å². The highest BCUT2D eigenvalue weighted by molar-refractivity contribution is 5.01. The monoisotopic (exact) mass is 211 g/mol. The van der Waals surface area contributed by atoms with Gasteiger partial charge in [-0.25, -0.2) is 4.98 Å². The normalized spacial score (nSPS) is 10.8. The standard InChI is InChI=1S/C11H21N3O/c1-3-6-12-8-10-9-13-11(14-10)5-7-15-4-2/h9,12H,3-8H2,1-2H3,(H,13,14). The van der Waals surface area contributed by atoms with Crippen molar-refractivity contribution in [1.29, 1.82) is 0 Å². The Labute approximate surface area is 91.4 Å². The Morgan fingerprint density at radius 2 is 2.33 bits per heavy atom. The van der Waals surface area contributed by atoms with Gasteiger partial charge in [-0.15, -0.1) is 0 Å². The molecule has 2 N–H and O–H groups in total. The van der Waals surface area contributed by atoms with Gasteiger partial charge in [0.2, 0.25) is 0 Å². The third-order valence-electron chi connectivity index (χ3n) is 2.11. The van der Waals surface area contributed by atoms with Gasteiger partial charge in [0.15, 0.2) is 0 Å². The maximum absolute atomic E-state index is 5.27. The largest absolute Gasteiger partial charge is 0.381 e. The quantitative estimate of drug-likeness (QED) is 0.640. The van der Waals surface area contributed by atoms with E-state index in [1.807, 2.05) is 13.1 Å². The van der Waals surface area contributed by atoms with Gasteiger partial charge in [-0.05, 0) is 19.9 Å². The van der Waals surface area contributed by atoms with E-state index in [2.05, 4.69) is 22.2 Å². The summed E-state index contributed by atoms with van der Waals surface area (Å²) in [4.78, 5) is 7.57. The van der Waals surface area contributed by atoms with Crippen molar-refractivity contribution in [1.82, 2.24) is 15.3 Å². The number of ether oxygens (including phenoxy) is 1. The van der Waals surface area contributed by atoms with Crippen molar-refractivity contribution >= 4 is 0 Å². The number of aromatic amines is 1. The SMILES string of the molecule is CCCNCc1cnc(CCOCC)[nH]1. The lowest BCUT2D eigenvalue weighted by Gasteiger charge is -2.00. The van der Waals surface area contributed by atoms with Crippen LogP contribution in [0, 0.1) is 0 Å². The van der Waals surface area contributed by atoms with E-state index in [9.17, 15) is 0 Å². The number of aromatic nitrogens is 2. The van der Waals surface area contributed by atoms with Gasteiger partial charge in [0, 0.05) is 31.5 Å². The van der Waals surface area contributed by atoms with Crippen molar-refractivity contribution in [2.45, 2.75) is 33.2 Å². The molecule has 1 aromatic heterocycles. The lowest BCUT2D eigenvalue weighted by Crippen LogP contribution is -2.14. The molecular weight excluding hydrogens is 190 g/mol. The molecule has 0 aliphatic rings. The molecule has 0 aromatic carbocycles. The smallest absolute Gasteiger partial charge is 0.108 e. The van der Waals surface area contributed by atoms with Crippen molar-refractivity contribution in [3.63, 3.8) is 0 Å². The summed E-state index contributed by atoms with van der Waals surface area (Å²) < 4.78 is 5.27. The van der Waals surface area contributed by atoms with Crippen LogP contribution >= 0.6 is 0 Å². The minimum absolute atomic E-state index is 0.742. The summed E-state index contributed by atoms with van der Waals surface area (Å²) in [7, 11) is 0. The molecule has 86 valence electrons. The molecule has 0 aliphatic carbocycles. The van der Waals surface area contributed by atoms with Gasteiger partial charge in [0.1, 0.15) is 5.82 Å². The molecule has 1 aromatic rings. The molecule has 0 unspecified atom stereocenters. The molecule has 0 amide bonds. The summed E-state index contributed by atoms with van der Waals surface area (Å²) in [6.45, 7) is 7.59. The molecule has 1 rings (SSSR count). The second-order valence-electron chi connectivity index (χ2n) is 3.48. The number of H-pyrrole nitrogens is 1. The van der Waals surface area contributed by atoms with E-state index >= 15 is 0 Å². The number of nitrogens with one attached hydrogen (secondary N) is 2. The minimum Gasteiger partial charge on any atom is -0.381 e. The predicted molar refractivity (Wildman–Crippen MR) is 60.8 cm³/mol. The fourth-order valence-corrected chi connectivity index (χ4v) is 1.34. The molecule has 0 fully saturated rings. The highest BCUT2D eigenvalue weighted by Crippen LogP contribution is 1.98. The molecule has 0 aliphatic heterocycles. The first-order valence-corrected chi connectivity index (χ1v) is 5.68. The highest BCUT2D eigenvalue weighted by Gasteiger charge is 1.99. The Morgan fingerprint density at radius 3 is 3.07 bits per heavy atom. The summed E-state index contributed by atoms with van der Waals surface area (Å²) >= 11 is 0. The van der Waals surface area contributed by atoms with Crippen LogP contribution < -0.4 is 5.32 Å². The van der Waals surface area contributed by atoms with Crippen molar-refractivity contribution in [2.75, 3.05) is 19.8 Å². The molecule has 15 heavy (non-hydrogen) atoms. The van der Waals surface area contributed by atoms with E-state index in [1.54, 1.807) is 0 Å². The molecule has 0 saturated carbocycles. The summed E-state index contributed by atoms with van der Waals surface area (Å²) in [6.07, 6.45) is 3.91. The maximum Gasteiger partial charge on any atom is 0.108 e. The Balaban J connectivity index is 2.23. The zero-order chi connectivity index (χ0) is 10.9. The van der Waals surface area contributed by atoms with Gasteiger partial charge >= 0.3 is 0 Å². The van der Waals surface area contributed by atoms with Gasteiger partial charge in [-0.2, -0.15) is 0 Å². The molecule has 0 atom stereocenters. The van der Waals surface area contributed by atoms with E-state index in [0.717, 1.165) is 50.7 Å². The summed E-state index contributed by atoms with van der Waals surface area (Å²) in [6, 6.07) is 0. The number of hydrogen-bond acceptors (Lipinski definition) is 3. The lowest BCUT2D eigenvalue weighted by atomic mass is 10.4. The van der Waals surface area contributed by atoms with E-state index in [0.29, 0.717) is 0 Å². The van der Waals surface area contributed by atoms with E-state index in [4.69, 9.17) is 4.74 Å². The van der Waals surface area contributed by atoms with E-state index in [-0.39, 0.29) is 0 Å². The van der Waals surface area contributed by atoms with Gasteiger partial charge in [0.05, 0.1) is 6.61 Å². The first-order valence-electron chi connectivity index (χ1n) is 5.68. The molecular formula is C11H21N3O. The topological polar surface area (TPSA) is 49.9 Å². The highest BCUT2D eigenvalue weighted by atomic mass is 16.5. The Morgan fingerprint density at radius 1 is 1.47 bits per heavy atom. The fourth-order valence-electron chi connectivity index (χ4n) is 1.34. The number of nitrogens with zero attached hydrogens (tertiary/aromatic N) is 1. The zero-order valence-electron chi connectivity index (χ0n) is 9.68. The van der Waals surface area contributed by atoms with Gasteiger partial charge < -0.3 is 15.0 Å². The van der Waals surface area contributed by atoms with Gasteiger partial charge in [-0.3, -0.25) is 0 Å². The molecule has 0 radical (unpaired) electrons. The average Bonchev–Trinajstić information content (AvgIpc) is 2.67. The van der Waals surface area contributed by atoms with Crippen LogP contribution in [0.3, 0.4) is 0 Å². The number of imidazole rings is 1. The summed E-state index contributed by atoms with van der Waals surface area (Å²) in [5.41, 5.74) is 1.15. The Kier molecular flexibility index (Phi) is 6.04. The van der Waals surface area contributed by atoms with Crippen LogP contribution in [0.1, 0.15) is 31.8 Å². The van der Waals surface area contributed by atoms with Crippen molar-refractivity contribution < 1.29 is 4.74 Å². The van der Waals surface area contributed by atoms with Crippen molar-refractivity contribution in [3.05, 3.63) is 17.7 Å². The van der Waals surface area contributed by atoms with Crippen LogP contribution in [0.2, 0.25) is 0 Å². The Bertz CT molecular complexity index is 236. The number of hydrogen-bond donors (Lipinski definition) is 2. The van der Waals surface area contributed by atoms with Crippen molar-refractivity contribution in [3.8, 4) is 0 Å². The lowest BCUT2D eigenvalue weighted by molar-refractivity contribution is 0.149. The minimum atomic E-state index is 0.742. The zero-order valence-corrected chi connectivity index (χ0v) is 9.68. The maximum atomic E-state index is 5.27. The van der Waals surface area contributed by atoms with E-state index in [1.165, 1.54) is 0 Å². The molecule has 4 nitrogen and oxygen atoms in total. The molecule has 4 heteroatoms. The fraction of sp³-hybridized carbons (Fsp3) is 0.727. The van der Waals surface area contributed by atoms with E-state index < -0.39 is 0 Å². The second kappa shape index (κ2) is 7.43. The van der Waals surface area contributed by atoms with Crippen LogP contribution in [0.5, 0.6) is 0 Å². The van der Waals surface area contributed by atoms with Gasteiger partial charge in [-0.1, -0.05) is 6.92 Å². The second-order valence-corrected chi connectivity index (χ2v) is 3.48. The third-order valence-corrected chi connectivity index (χ3v) is 2.11. The molecule has 0 spiro atoms. The molecule has 1 heterocycles. The van der Waals surface area contributed by atoms with Crippen LogP contribution in [-0.4, -0.2) is 29.7 Å². The summed E-state index contributed by atoms with van der Waals surface area (Å²) in [5.74, 6) is 1.01. The third kappa shape index (κ3) is 4.95.